The Morgan fingerprint density at radius 1 is 1.44 bits per heavy atom. The van der Waals surface area contributed by atoms with Gasteiger partial charge in [0.1, 0.15) is 6.54 Å². The molecule has 86 valence electrons. The summed E-state index contributed by atoms with van der Waals surface area (Å²) in [4.78, 5) is 0. The first-order chi connectivity index (χ1) is 7.28. The van der Waals surface area contributed by atoms with Gasteiger partial charge >= 0.3 is 0 Å². The second-order valence-electron chi connectivity index (χ2n) is 3.40. The third-order valence-corrected chi connectivity index (χ3v) is 2.44. The average molecular weight is 258 g/mol. The largest absolute Gasteiger partial charge is 1.00 e. The van der Waals surface area contributed by atoms with Crippen LogP contribution < -0.4 is 17.0 Å². The molecule has 0 saturated carbocycles. The van der Waals surface area contributed by atoms with Crippen molar-refractivity contribution in [1.29, 1.82) is 0 Å². The van der Waals surface area contributed by atoms with E-state index in [0.717, 1.165) is 18.1 Å². The summed E-state index contributed by atoms with van der Waals surface area (Å²) >= 11 is 5.91. The molecule has 2 aromatic rings. The molecule has 0 aliphatic heterocycles. The van der Waals surface area contributed by atoms with Gasteiger partial charge < -0.3 is 12.4 Å². The van der Waals surface area contributed by atoms with E-state index < -0.39 is 0 Å². The highest BCUT2D eigenvalue weighted by Crippen LogP contribution is 2.09. The Morgan fingerprint density at radius 3 is 2.88 bits per heavy atom. The first kappa shape index (κ1) is 13.0. The van der Waals surface area contributed by atoms with Gasteiger partial charge in [-0.1, -0.05) is 23.7 Å². The zero-order chi connectivity index (χ0) is 10.7. The lowest BCUT2D eigenvalue weighted by atomic mass is 10.2. The number of nitrogens with zero attached hydrogens (tertiary/aromatic N) is 3. The lowest BCUT2D eigenvalue weighted by molar-refractivity contribution is -0.689. The molecule has 0 unspecified atom stereocenters. The summed E-state index contributed by atoms with van der Waals surface area (Å²) in [7, 11) is 0. The minimum absolute atomic E-state index is 0. The molecule has 0 aliphatic carbocycles. The van der Waals surface area contributed by atoms with E-state index in [-0.39, 0.29) is 12.4 Å². The topological polar surface area (TPSA) is 21.7 Å². The van der Waals surface area contributed by atoms with E-state index in [4.69, 9.17) is 11.6 Å². The van der Waals surface area contributed by atoms with Crippen LogP contribution in [0.1, 0.15) is 12.5 Å². The Balaban J connectivity index is 0.00000128. The predicted octanol–water partition coefficient (Wildman–Crippen LogP) is -1.10. The Labute approximate surface area is 106 Å². The van der Waals surface area contributed by atoms with Gasteiger partial charge in [0, 0.05) is 10.1 Å². The number of halogens is 2. The van der Waals surface area contributed by atoms with Gasteiger partial charge in [0.25, 0.3) is 6.33 Å². The summed E-state index contributed by atoms with van der Waals surface area (Å²) in [5, 5.41) is 4.97. The van der Waals surface area contributed by atoms with Crippen LogP contribution in [0.25, 0.3) is 0 Å². The van der Waals surface area contributed by atoms with E-state index in [1.54, 1.807) is 0 Å². The minimum atomic E-state index is 0. The molecule has 0 saturated heterocycles. The summed E-state index contributed by atoms with van der Waals surface area (Å²) in [6, 6.07) is 7.87. The maximum atomic E-state index is 5.91. The number of hydrogen-bond acceptors (Lipinski definition) is 1. The smallest absolute Gasteiger partial charge is 0.265 e. The van der Waals surface area contributed by atoms with Crippen molar-refractivity contribution in [3.05, 3.63) is 47.5 Å². The maximum absolute atomic E-state index is 5.91. The van der Waals surface area contributed by atoms with Crippen LogP contribution in [0.15, 0.2) is 36.9 Å². The van der Waals surface area contributed by atoms with Crippen LogP contribution in [-0.4, -0.2) is 9.78 Å². The first-order valence-electron chi connectivity index (χ1n) is 4.94. The molecule has 0 atom stereocenters. The second kappa shape index (κ2) is 5.87. The lowest BCUT2D eigenvalue weighted by Crippen LogP contribution is -3.00. The van der Waals surface area contributed by atoms with Crippen LogP contribution in [0.2, 0.25) is 5.02 Å². The third-order valence-electron chi connectivity index (χ3n) is 2.21. The number of benzene rings is 1. The van der Waals surface area contributed by atoms with Crippen molar-refractivity contribution in [1.82, 2.24) is 9.78 Å². The highest BCUT2D eigenvalue weighted by molar-refractivity contribution is 6.30. The van der Waals surface area contributed by atoms with E-state index in [1.807, 2.05) is 40.1 Å². The van der Waals surface area contributed by atoms with E-state index in [1.165, 1.54) is 5.56 Å². The molecule has 2 rings (SSSR count). The molecule has 0 spiro atoms. The molecule has 0 fully saturated rings. The van der Waals surface area contributed by atoms with E-state index in [0.29, 0.717) is 0 Å². The molecule has 0 radical (unpaired) electrons. The van der Waals surface area contributed by atoms with Crippen molar-refractivity contribution in [2.45, 2.75) is 20.0 Å². The first-order valence-corrected chi connectivity index (χ1v) is 5.31. The van der Waals surface area contributed by atoms with Gasteiger partial charge in [0.2, 0.25) is 6.33 Å². The molecular weight excluding hydrogens is 245 g/mol. The van der Waals surface area contributed by atoms with Crippen molar-refractivity contribution in [3.8, 4) is 0 Å². The fourth-order valence-corrected chi connectivity index (χ4v) is 1.67. The van der Waals surface area contributed by atoms with Gasteiger partial charge in [-0.25, -0.2) is 4.57 Å². The highest BCUT2D eigenvalue weighted by Gasteiger charge is 2.04. The predicted molar refractivity (Wildman–Crippen MR) is 58.7 cm³/mol. The molecule has 16 heavy (non-hydrogen) atoms. The Hall–Kier alpha value is -1.06. The normalized spacial score (nSPS) is 9.88. The van der Waals surface area contributed by atoms with Gasteiger partial charge in [0.15, 0.2) is 0 Å². The van der Waals surface area contributed by atoms with Crippen LogP contribution in [0.4, 0.5) is 0 Å². The third kappa shape index (κ3) is 3.22. The van der Waals surface area contributed by atoms with Gasteiger partial charge in [-0.3, -0.25) is 0 Å². The number of rotatable bonds is 3. The summed E-state index contributed by atoms with van der Waals surface area (Å²) < 4.78 is 3.93. The minimum Gasteiger partial charge on any atom is -1.00 e. The quantitative estimate of drug-likeness (QED) is 0.640. The molecule has 1 aromatic heterocycles. The highest BCUT2D eigenvalue weighted by atomic mass is 35.5. The molecule has 0 bridgehead atoms. The SMILES string of the molecule is CCn1c[n+](Cc2cccc(Cl)c2)cn1.[Cl-]. The van der Waals surface area contributed by atoms with Crippen molar-refractivity contribution < 1.29 is 17.0 Å². The van der Waals surface area contributed by atoms with Crippen LogP contribution in [-0.2, 0) is 13.1 Å². The lowest BCUT2D eigenvalue weighted by Gasteiger charge is -1.98. The zero-order valence-corrected chi connectivity index (χ0v) is 10.5. The Kier molecular flexibility index (Phi) is 4.77. The monoisotopic (exact) mass is 257 g/mol. The summed E-state index contributed by atoms with van der Waals surface area (Å²) in [5.41, 5.74) is 1.18. The number of aryl methyl sites for hydroxylation is 1. The molecular formula is C11H13Cl2N3. The van der Waals surface area contributed by atoms with Crippen molar-refractivity contribution in [3.63, 3.8) is 0 Å². The molecule has 1 aromatic carbocycles. The van der Waals surface area contributed by atoms with Crippen molar-refractivity contribution in [2.75, 3.05) is 0 Å². The number of aromatic nitrogens is 3. The van der Waals surface area contributed by atoms with Gasteiger partial charge in [-0.05, 0) is 24.6 Å². The van der Waals surface area contributed by atoms with Crippen molar-refractivity contribution >= 4 is 11.6 Å². The van der Waals surface area contributed by atoms with Gasteiger partial charge in [0.05, 0.1) is 6.54 Å². The maximum Gasteiger partial charge on any atom is 0.265 e. The molecule has 0 N–H and O–H groups in total. The number of hydrogen-bond donors (Lipinski definition) is 0. The van der Waals surface area contributed by atoms with Gasteiger partial charge in [-0.15, -0.1) is 4.68 Å². The van der Waals surface area contributed by atoms with Crippen molar-refractivity contribution in [2.24, 2.45) is 0 Å². The standard InChI is InChI=1S/C11H13ClN3.ClH/c1-2-15-9-14(8-13-15)7-10-4-3-5-11(12)6-10;/h3-6,8-9H,2,7H2,1H3;1H/q+1;/p-1. The van der Waals surface area contributed by atoms with E-state index >= 15 is 0 Å². The fraction of sp³-hybridized carbons (Fsp3) is 0.273. The molecule has 3 nitrogen and oxygen atoms in total. The summed E-state index contributed by atoms with van der Waals surface area (Å²) in [6.45, 7) is 3.76. The summed E-state index contributed by atoms with van der Waals surface area (Å²) in [5.74, 6) is 0. The molecule has 0 amide bonds. The zero-order valence-electron chi connectivity index (χ0n) is 8.98. The molecule has 5 heteroatoms. The van der Waals surface area contributed by atoms with Crippen LogP contribution >= 0.6 is 11.6 Å². The van der Waals surface area contributed by atoms with Gasteiger partial charge in [-0.2, -0.15) is 0 Å². The van der Waals surface area contributed by atoms with Crippen LogP contribution in [0.3, 0.4) is 0 Å². The van der Waals surface area contributed by atoms with Crippen LogP contribution in [0.5, 0.6) is 0 Å². The van der Waals surface area contributed by atoms with Crippen LogP contribution in [0, 0.1) is 0 Å². The molecule has 0 aliphatic rings. The Bertz CT molecular complexity index is 454. The fourth-order valence-electron chi connectivity index (χ4n) is 1.45. The Morgan fingerprint density at radius 2 is 2.25 bits per heavy atom. The van der Waals surface area contributed by atoms with E-state index in [9.17, 15) is 0 Å². The average Bonchev–Trinajstić information content (AvgIpc) is 2.65. The molecule has 1 heterocycles. The second-order valence-corrected chi connectivity index (χ2v) is 3.84. The van der Waals surface area contributed by atoms with E-state index in [2.05, 4.69) is 18.1 Å². The summed E-state index contributed by atoms with van der Waals surface area (Å²) in [6.07, 6.45) is 3.81.